The summed E-state index contributed by atoms with van der Waals surface area (Å²) in [7, 11) is 3.91. The van der Waals surface area contributed by atoms with Gasteiger partial charge < -0.3 is 14.5 Å². The van der Waals surface area contributed by atoms with Crippen LogP contribution in [0.5, 0.6) is 0 Å². The number of rotatable bonds is 2. The number of hydrogen-bond acceptors (Lipinski definition) is 5. The Balaban J connectivity index is 2.02. The predicted molar refractivity (Wildman–Crippen MR) is 83.9 cm³/mol. The first-order valence-corrected chi connectivity index (χ1v) is 7.87. The maximum absolute atomic E-state index is 12.0. The Bertz CT molecular complexity index is 602. The zero-order chi connectivity index (χ0) is 15.9. The Labute approximate surface area is 131 Å². The minimum absolute atomic E-state index is 0.170. The van der Waals surface area contributed by atoms with Crippen LogP contribution in [0.4, 0.5) is 5.95 Å². The van der Waals surface area contributed by atoms with Gasteiger partial charge in [0, 0.05) is 44.9 Å². The highest BCUT2D eigenvalue weighted by Gasteiger charge is 2.46. The maximum atomic E-state index is 12.0. The van der Waals surface area contributed by atoms with Crippen LogP contribution in [0, 0.1) is 6.92 Å². The van der Waals surface area contributed by atoms with Gasteiger partial charge in [-0.15, -0.1) is 0 Å². The summed E-state index contributed by atoms with van der Waals surface area (Å²) < 4.78 is 5.85. The van der Waals surface area contributed by atoms with E-state index in [0.717, 1.165) is 35.9 Å². The molecular weight excluding hydrogens is 280 g/mol. The van der Waals surface area contributed by atoms with E-state index in [0.29, 0.717) is 26.2 Å². The number of nitrogens with zero attached hydrogens (tertiary/aromatic N) is 4. The SMILES string of the molecule is CCC(=O)N1CC[C@@]2(COCc3c(C)nc(N(C)C)nc32)C1. The average Bonchev–Trinajstić information content (AvgIpc) is 2.92. The molecule has 0 N–H and O–H groups in total. The Hall–Kier alpha value is -1.69. The molecule has 0 aliphatic carbocycles. The molecule has 3 rings (SSSR count). The van der Waals surface area contributed by atoms with Crippen LogP contribution in [0.2, 0.25) is 0 Å². The van der Waals surface area contributed by atoms with E-state index in [1.807, 2.05) is 37.7 Å². The zero-order valence-electron chi connectivity index (χ0n) is 13.8. The predicted octanol–water partition coefficient (Wildman–Crippen LogP) is 1.26. The van der Waals surface area contributed by atoms with Crippen LogP contribution in [-0.4, -0.2) is 54.6 Å². The highest BCUT2D eigenvalue weighted by Crippen LogP contribution is 2.40. The molecule has 1 aromatic rings. The van der Waals surface area contributed by atoms with E-state index in [9.17, 15) is 4.79 Å². The first kappa shape index (κ1) is 15.2. The largest absolute Gasteiger partial charge is 0.376 e. The fourth-order valence-corrected chi connectivity index (χ4v) is 3.43. The van der Waals surface area contributed by atoms with E-state index < -0.39 is 0 Å². The lowest BCUT2D eigenvalue weighted by Crippen LogP contribution is -2.42. The summed E-state index contributed by atoms with van der Waals surface area (Å²) in [5.74, 6) is 0.945. The van der Waals surface area contributed by atoms with Crippen LogP contribution in [0.1, 0.15) is 36.7 Å². The van der Waals surface area contributed by atoms with Crippen molar-refractivity contribution in [3.8, 4) is 0 Å². The third-order valence-electron chi connectivity index (χ3n) is 4.74. The molecule has 6 nitrogen and oxygen atoms in total. The maximum Gasteiger partial charge on any atom is 0.225 e. The number of fused-ring (bicyclic) bond motifs is 2. The van der Waals surface area contributed by atoms with Crippen LogP contribution in [-0.2, 0) is 21.6 Å². The second-order valence-corrected chi connectivity index (χ2v) is 6.52. The smallest absolute Gasteiger partial charge is 0.225 e. The summed E-state index contributed by atoms with van der Waals surface area (Å²) in [6.45, 7) is 6.62. The molecule has 0 radical (unpaired) electrons. The summed E-state index contributed by atoms with van der Waals surface area (Å²) in [5.41, 5.74) is 2.99. The number of likely N-dealkylation sites (tertiary alicyclic amines) is 1. The lowest BCUT2D eigenvalue weighted by atomic mass is 9.80. The second kappa shape index (κ2) is 5.50. The van der Waals surface area contributed by atoms with Crippen molar-refractivity contribution in [2.24, 2.45) is 0 Å². The van der Waals surface area contributed by atoms with Gasteiger partial charge in [0.15, 0.2) is 0 Å². The molecule has 120 valence electrons. The first-order chi connectivity index (χ1) is 10.5. The fraction of sp³-hybridized carbons (Fsp3) is 0.688. The van der Waals surface area contributed by atoms with Crippen molar-refractivity contribution in [2.45, 2.75) is 38.7 Å². The Morgan fingerprint density at radius 2 is 2.18 bits per heavy atom. The molecule has 2 aliphatic heterocycles. The van der Waals surface area contributed by atoms with Crippen molar-refractivity contribution in [3.63, 3.8) is 0 Å². The van der Waals surface area contributed by atoms with E-state index >= 15 is 0 Å². The van der Waals surface area contributed by atoms with Gasteiger partial charge in [-0.1, -0.05) is 6.92 Å². The third-order valence-corrected chi connectivity index (χ3v) is 4.74. The third kappa shape index (κ3) is 2.35. The molecule has 0 unspecified atom stereocenters. The van der Waals surface area contributed by atoms with Gasteiger partial charge >= 0.3 is 0 Å². The van der Waals surface area contributed by atoms with Gasteiger partial charge in [0.05, 0.1) is 24.3 Å². The molecule has 0 bridgehead atoms. The molecule has 22 heavy (non-hydrogen) atoms. The standard InChI is InChI=1S/C16H24N4O2/c1-5-13(21)20-7-6-16(9-20)10-22-8-12-11(2)17-15(19(3)4)18-14(12)16/h5-10H2,1-4H3/t16-/m0/s1. The Morgan fingerprint density at radius 3 is 2.86 bits per heavy atom. The number of amides is 1. The molecule has 1 spiro atoms. The van der Waals surface area contributed by atoms with E-state index in [1.165, 1.54) is 0 Å². The molecule has 1 saturated heterocycles. The van der Waals surface area contributed by atoms with E-state index in [4.69, 9.17) is 9.72 Å². The van der Waals surface area contributed by atoms with Crippen molar-refractivity contribution >= 4 is 11.9 Å². The molecule has 1 aromatic heterocycles. The quantitative estimate of drug-likeness (QED) is 0.823. The second-order valence-electron chi connectivity index (χ2n) is 6.52. The molecular formula is C16H24N4O2. The summed E-state index contributed by atoms with van der Waals surface area (Å²) in [6, 6.07) is 0. The van der Waals surface area contributed by atoms with Crippen LogP contribution in [0.15, 0.2) is 0 Å². The molecule has 0 aromatic carbocycles. The van der Waals surface area contributed by atoms with Crippen LogP contribution in [0.3, 0.4) is 0 Å². The number of anilines is 1. The minimum Gasteiger partial charge on any atom is -0.376 e. The Morgan fingerprint density at radius 1 is 1.41 bits per heavy atom. The van der Waals surface area contributed by atoms with Crippen LogP contribution < -0.4 is 4.90 Å². The van der Waals surface area contributed by atoms with Gasteiger partial charge in [0.1, 0.15) is 0 Å². The first-order valence-electron chi connectivity index (χ1n) is 7.87. The number of carbonyl (C=O) groups excluding carboxylic acids is 1. The van der Waals surface area contributed by atoms with Gasteiger partial charge in [-0.2, -0.15) is 0 Å². The van der Waals surface area contributed by atoms with Crippen molar-refractivity contribution in [1.29, 1.82) is 0 Å². The van der Waals surface area contributed by atoms with E-state index in [2.05, 4.69) is 4.98 Å². The van der Waals surface area contributed by atoms with Gasteiger partial charge in [0.25, 0.3) is 0 Å². The lowest BCUT2D eigenvalue weighted by Gasteiger charge is -2.35. The fourth-order valence-electron chi connectivity index (χ4n) is 3.43. The number of carbonyl (C=O) groups is 1. The van der Waals surface area contributed by atoms with Crippen molar-refractivity contribution in [2.75, 3.05) is 38.7 Å². The summed E-state index contributed by atoms with van der Waals surface area (Å²) >= 11 is 0. The van der Waals surface area contributed by atoms with E-state index in [1.54, 1.807) is 0 Å². The summed E-state index contributed by atoms with van der Waals surface area (Å²) in [6.07, 6.45) is 1.46. The molecule has 1 fully saturated rings. The normalized spacial score (nSPS) is 23.7. The molecule has 3 heterocycles. The van der Waals surface area contributed by atoms with Crippen LogP contribution >= 0.6 is 0 Å². The minimum atomic E-state index is -0.170. The average molecular weight is 304 g/mol. The molecule has 6 heteroatoms. The van der Waals surface area contributed by atoms with Gasteiger partial charge in [0.2, 0.25) is 11.9 Å². The summed E-state index contributed by atoms with van der Waals surface area (Å²) in [4.78, 5) is 25.3. The number of aryl methyl sites for hydroxylation is 1. The lowest BCUT2D eigenvalue weighted by molar-refractivity contribution is -0.130. The molecule has 2 aliphatic rings. The number of ether oxygens (including phenoxy) is 1. The Kier molecular flexibility index (Phi) is 3.80. The van der Waals surface area contributed by atoms with E-state index in [-0.39, 0.29) is 11.3 Å². The number of hydrogen-bond donors (Lipinski definition) is 0. The van der Waals surface area contributed by atoms with Gasteiger partial charge in [-0.25, -0.2) is 9.97 Å². The zero-order valence-corrected chi connectivity index (χ0v) is 13.8. The monoisotopic (exact) mass is 304 g/mol. The number of aromatic nitrogens is 2. The van der Waals surface area contributed by atoms with Crippen molar-refractivity contribution < 1.29 is 9.53 Å². The topological polar surface area (TPSA) is 58.6 Å². The van der Waals surface area contributed by atoms with Crippen molar-refractivity contribution in [1.82, 2.24) is 14.9 Å². The molecule has 1 amide bonds. The van der Waals surface area contributed by atoms with Gasteiger partial charge in [-0.05, 0) is 13.3 Å². The van der Waals surface area contributed by atoms with Gasteiger partial charge in [-0.3, -0.25) is 4.79 Å². The molecule has 0 saturated carbocycles. The highest BCUT2D eigenvalue weighted by atomic mass is 16.5. The highest BCUT2D eigenvalue weighted by molar-refractivity contribution is 5.76. The van der Waals surface area contributed by atoms with Crippen molar-refractivity contribution in [3.05, 3.63) is 17.0 Å². The van der Waals surface area contributed by atoms with Crippen LogP contribution in [0.25, 0.3) is 0 Å². The molecule has 1 atom stereocenters. The summed E-state index contributed by atoms with van der Waals surface area (Å²) in [5, 5.41) is 0.